The summed E-state index contributed by atoms with van der Waals surface area (Å²) >= 11 is 0. The van der Waals surface area contributed by atoms with Crippen LogP contribution in [0.3, 0.4) is 0 Å². The zero-order valence-corrected chi connectivity index (χ0v) is 16.9. The van der Waals surface area contributed by atoms with E-state index in [9.17, 15) is 14.0 Å². The van der Waals surface area contributed by atoms with Gasteiger partial charge >= 0.3 is 12.1 Å². The molecule has 158 valence electrons. The Morgan fingerprint density at radius 3 is 2.26 bits per heavy atom. The van der Waals surface area contributed by atoms with Crippen molar-refractivity contribution in [1.82, 2.24) is 10.3 Å². The number of rotatable bonds is 6. The molecule has 4 rings (SSSR count). The molecule has 7 heteroatoms. The Morgan fingerprint density at radius 1 is 1.03 bits per heavy atom. The smallest absolute Gasteiger partial charge is 0.407 e. The van der Waals surface area contributed by atoms with Crippen LogP contribution in [-0.4, -0.2) is 36.8 Å². The van der Waals surface area contributed by atoms with E-state index in [4.69, 9.17) is 9.47 Å². The Balaban J connectivity index is 1.44. The van der Waals surface area contributed by atoms with Gasteiger partial charge in [-0.1, -0.05) is 54.6 Å². The van der Waals surface area contributed by atoms with E-state index >= 15 is 0 Å². The summed E-state index contributed by atoms with van der Waals surface area (Å²) in [7, 11) is 1.23. The first kappa shape index (κ1) is 20.5. The molecule has 1 aliphatic rings. The number of carbonyl (C=O) groups excluding carboxylic acids is 2. The molecule has 0 aliphatic heterocycles. The van der Waals surface area contributed by atoms with Crippen LogP contribution in [0.2, 0.25) is 0 Å². The van der Waals surface area contributed by atoms with Crippen LogP contribution in [0.25, 0.3) is 11.1 Å². The summed E-state index contributed by atoms with van der Waals surface area (Å²) in [5.41, 5.74) is 5.03. The van der Waals surface area contributed by atoms with E-state index in [-0.39, 0.29) is 18.9 Å². The fraction of sp³-hybridized carbons (Fsp3) is 0.208. The first-order valence-electron chi connectivity index (χ1n) is 9.86. The average molecular weight is 420 g/mol. The number of methoxy groups -OCH3 is 1. The number of fused-ring (bicyclic) bond motifs is 3. The fourth-order valence-corrected chi connectivity index (χ4v) is 3.88. The largest absolute Gasteiger partial charge is 0.467 e. The van der Waals surface area contributed by atoms with Gasteiger partial charge in [0.05, 0.1) is 7.11 Å². The highest BCUT2D eigenvalue weighted by Gasteiger charge is 2.30. The number of pyridine rings is 1. The van der Waals surface area contributed by atoms with Crippen LogP contribution in [-0.2, 0) is 20.7 Å². The molecule has 0 spiro atoms. The molecule has 31 heavy (non-hydrogen) atoms. The van der Waals surface area contributed by atoms with Crippen molar-refractivity contribution in [3.8, 4) is 11.1 Å². The van der Waals surface area contributed by atoms with Crippen LogP contribution in [0, 0.1) is 5.95 Å². The number of carbonyl (C=O) groups is 2. The van der Waals surface area contributed by atoms with Crippen LogP contribution in [0.5, 0.6) is 0 Å². The molecule has 0 bridgehead atoms. The lowest BCUT2D eigenvalue weighted by Gasteiger charge is -2.18. The van der Waals surface area contributed by atoms with Crippen LogP contribution in [0.1, 0.15) is 22.6 Å². The fourth-order valence-electron chi connectivity index (χ4n) is 3.88. The number of hydrogen-bond donors (Lipinski definition) is 1. The number of nitrogens with one attached hydrogen (secondary N) is 1. The van der Waals surface area contributed by atoms with Gasteiger partial charge in [0.1, 0.15) is 12.6 Å². The van der Waals surface area contributed by atoms with Gasteiger partial charge in [0.25, 0.3) is 0 Å². The third-order valence-electron chi connectivity index (χ3n) is 5.35. The van der Waals surface area contributed by atoms with Gasteiger partial charge in [0.15, 0.2) is 0 Å². The van der Waals surface area contributed by atoms with E-state index in [2.05, 4.69) is 22.4 Å². The molecule has 0 fully saturated rings. The third-order valence-corrected chi connectivity index (χ3v) is 5.35. The second-order valence-corrected chi connectivity index (χ2v) is 7.24. The van der Waals surface area contributed by atoms with E-state index in [1.807, 2.05) is 36.4 Å². The molecule has 1 atom stereocenters. The predicted octanol–water partition coefficient (Wildman–Crippen LogP) is 3.84. The van der Waals surface area contributed by atoms with Gasteiger partial charge in [-0.2, -0.15) is 4.39 Å². The summed E-state index contributed by atoms with van der Waals surface area (Å²) < 4.78 is 23.3. The summed E-state index contributed by atoms with van der Waals surface area (Å²) in [6, 6.07) is 17.8. The van der Waals surface area contributed by atoms with Crippen molar-refractivity contribution < 1.29 is 23.5 Å². The quantitative estimate of drug-likeness (QED) is 0.484. The minimum Gasteiger partial charge on any atom is -0.467 e. The lowest BCUT2D eigenvalue weighted by atomic mass is 9.98. The lowest BCUT2D eigenvalue weighted by Crippen LogP contribution is -2.43. The number of halogens is 1. The normalized spacial score (nSPS) is 13.1. The predicted molar refractivity (Wildman–Crippen MR) is 112 cm³/mol. The monoisotopic (exact) mass is 420 g/mol. The zero-order chi connectivity index (χ0) is 21.8. The second kappa shape index (κ2) is 8.95. The molecular weight excluding hydrogens is 399 g/mol. The summed E-state index contributed by atoms with van der Waals surface area (Å²) in [5, 5.41) is 2.55. The molecule has 1 aliphatic carbocycles. The molecule has 0 saturated heterocycles. The lowest BCUT2D eigenvalue weighted by molar-refractivity contribution is -0.143. The molecule has 1 aromatic heterocycles. The number of benzene rings is 2. The molecule has 0 radical (unpaired) electrons. The van der Waals surface area contributed by atoms with Gasteiger partial charge in [-0.05, 0) is 33.9 Å². The minimum atomic E-state index is -0.979. The molecule has 3 aromatic rings. The molecule has 1 heterocycles. The van der Waals surface area contributed by atoms with Crippen molar-refractivity contribution in [3.63, 3.8) is 0 Å². The summed E-state index contributed by atoms with van der Waals surface area (Å²) in [4.78, 5) is 28.2. The summed E-state index contributed by atoms with van der Waals surface area (Å²) in [6.45, 7) is 0.131. The Kier molecular flexibility index (Phi) is 5.93. The molecular formula is C24H21FN2O4. The van der Waals surface area contributed by atoms with Crippen LogP contribution < -0.4 is 5.32 Å². The first-order chi connectivity index (χ1) is 15.1. The molecule has 2 aromatic carbocycles. The van der Waals surface area contributed by atoms with Crippen LogP contribution in [0.4, 0.5) is 9.18 Å². The van der Waals surface area contributed by atoms with E-state index in [0.717, 1.165) is 22.3 Å². The first-order valence-corrected chi connectivity index (χ1v) is 9.86. The maximum atomic E-state index is 13.0. The van der Waals surface area contributed by atoms with E-state index in [1.54, 1.807) is 0 Å². The number of amides is 1. The standard InChI is InChI=1S/C24H21FN2O4/c1-30-23(28)21(12-15-10-11-22(25)26-13-15)27-24(29)31-14-20-18-8-4-2-6-16(18)17-7-3-5-9-19(17)20/h2-11,13,20-21H,12,14H2,1H3,(H,27,29)/t21-/m0/s1. The van der Waals surface area contributed by atoms with Crippen molar-refractivity contribution >= 4 is 12.1 Å². The van der Waals surface area contributed by atoms with Gasteiger partial charge in [-0.25, -0.2) is 14.6 Å². The summed E-state index contributed by atoms with van der Waals surface area (Å²) in [5.74, 6) is -1.34. The Morgan fingerprint density at radius 2 is 1.68 bits per heavy atom. The van der Waals surface area contributed by atoms with Crippen molar-refractivity contribution in [2.75, 3.05) is 13.7 Å². The maximum absolute atomic E-state index is 13.0. The van der Waals surface area contributed by atoms with Crippen molar-refractivity contribution in [1.29, 1.82) is 0 Å². The molecule has 0 saturated carbocycles. The number of esters is 1. The number of alkyl carbamates (subject to hydrolysis) is 1. The van der Waals surface area contributed by atoms with Gasteiger partial charge in [0.2, 0.25) is 5.95 Å². The van der Waals surface area contributed by atoms with Gasteiger partial charge in [-0.3, -0.25) is 0 Å². The van der Waals surface area contributed by atoms with Crippen LogP contribution in [0.15, 0.2) is 66.9 Å². The minimum absolute atomic E-state index is 0.0870. The Labute approximate surface area is 179 Å². The SMILES string of the molecule is COC(=O)[C@H](Cc1ccc(F)nc1)NC(=O)OCC1c2ccccc2-c2ccccc21. The van der Waals surface area contributed by atoms with Gasteiger partial charge in [0, 0.05) is 18.5 Å². The highest BCUT2D eigenvalue weighted by atomic mass is 19.1. The molecule has 1 N–H and O–H groups in total. The van der Waals surface area contributed by atoms with E-state index < -0.39 is 24.1 Å². The zero-order valence-electron chi connectivity index (χ0n) is 16.9. The topological polar surface area (TPSA) is 77.5 Å². The number of aromatic nitrogens is 1. The Hall–Kier alpha value is -3.74. The average Bonchev–Trinajstić information content (AvgIpc) is 3.12. The Bertz CT molecular complexity index is 1060. The van der Waals surface area contributed by atoms with Crippen molar-refractivity contribution in [2.45, 2.75) is 18.4 Å². The molecule has 0 unspecified atom stereocenters. The second-order valence-electron chi connectivity index (χ2n) is 7.24. The van der Waals surface area contributed by atoms with E-state index in [1.165, 1.54) is 25.4 Å². The molecule has 1 amide bonds. The van der Waals surface area contributed by atoms with Gasteiger partial charge < -0.3 is 14.8 Å². The van der Waals surface area contributed by atoms with Crippen molar-refractivity contribution in [2.24, 2.45) is 0 Å². The van der Waals surface area contributed by atoms with E-state index in [0.29, 0.717) is 5.56 Å². The number of ether oxygens (including phenoxy) is 2. The summed E-state index contributed by atoms with van der Waals surface area (Å²) in [6.07, 6.45) is 0.682. The number of hydrogen-bond acceptors (Lipinski definition) is 5. The highest BCUT2D eigenvalue weighted by Crippen LogP contribution is 2.44. The maximum Gasteiger partial charge on any atom is 0.407 e. The molecule has 6 nitrogen and oxygen atoms in total. The van der Waals surface area contributed by atoms with Crippen LogP contribution >= 0.6 is 0 Å². The van der Waals surface area contributed by atoms with Crippen molar-refractivity contribution in [3.05, 3.63) is 89.5 Å². The number of nitrogens with zero attached hydrogens (tertiary/aromatic N) is 1. The third kappa shape index (κ3) is 4.40. The highest BCUT2D eigenvalue weighted by molar-refractivity contribution is 5.82. The van der Waals surface area contributed by atoms with Gasteiger partial charge in [-0.15, -0.1) is 0 Å².